The van der Waals surface area contributed by atoms with Crippen LogP contribution >= 0.6 is 0 Å². The molecule has 5 heteroatoms. The summed E-state index contributed by atoms with van der Waals surface area (Å²) in [7, 11) is 1.84. The average molecular weight is 195 g/mol. The Labute approximate surface area is 82.0 Å². The number of carboxylic acid groups (broad SMARTS) is 1. The van der Waals surface area contributed by atoms with Crippen molar-refractivity contribution in [3.8, 4) is 0 Å². The fourth-order valence-corrected chi connectivity index (χ4v) is 1.08. The average Bonchev–Trinajstić information content (AvgIpc) is 2.15. The van der Waals surface area contributed by atoms with Gasteiger partial charge in [-0.15, -0.1) is 0 Å². The zero-order chi connectivity index (χ0) is 10.6. The lowest BCUT2D eigenvalue weighted by atomic mass is 10.2. The first-order valence-corrected chi connectivity index (χ1v) is 4.27. The van der Waals surface area contributed by atoms with Crippen molar-refractivity contribution in [1.82, 2.24) is 10.3 Å². The number of likely N-dealkylation sites (N-methyl/N-ethyl adjacent to an activating group) is 1. The fraction of sp³-hybridized carbons (Fsp3) is 0.333. The minimum Gasteiger partial charge on any atom is -0.478 e. The molecule has 0 spiro atoms. The molecule has 0 atom stereocenters. The quantitative estimate of drug-likeness (QED) is 0.635. The van der Waals surface area contributed by atoms with Crippen LogP contribution in [0.4, 0.5) is 5.69 Å². The summed E-state index contributed by atoms with van der Waals surface area (Å²) in [4.78, 5) is 14.6. The molecule has 5 nitrogen and oxygen atoms in total. The van der Waals surface area contributed by atoms with Crippen LogP contribution in [0.25, 0.3) is 0 Å². The number of pyridine rings is 1. The zero-order valence-corrected chi connectivity index (χ0v) is 7.95. The molecular formula is C9H13N3O2. The van der Waals surface area contributed by atoms with Crippen LogP contribution in [-0.4, -0.2) is 29.7 Å². The van der Waals surface area contributed by atoms with Crippen molar-refractivity contribution in [3.63, 3.8) is 0 Å². The first kappa shape index (κ1) is 10.5. The van der Waals surface area contributed by atoms with E-state index in [2.05, 4.69) is 10.3 Å². The molecule has 0 saturated heterocycles. The molecule has 1 rings (SSSR count). The number of nitrogens with one attached hydrogen (secondary N) is 1. The van der Waals surface area contributed by atoms with Gasteiger partial charge in [0.05, 0.1) is 16.9 Å². The Morgan fingerprint density at radius 1 is 1.71 bits per heavy atom. The molecular weight excluding hydrogens is 182 g/mol. The van der Waals surface area contributed by atoms with Crippen molar-refractivity contribution in [2.45, 2.75) is 6.42 Å². The third kappa shape index (κ3) is 2.43. The van der Waals surface area contributed by atoms with Gasteiger partial charge in [0.1, 0.15) is 0 Å². The summed E-state index contributed by atoms with van der Waals surface area (Å²) in [6.07, 6.45) is 2.02. The molecule has 0 aromatic carbocycles. The third-order valence-electron chi connectivity index (χ3n) is 1.86. The molecule has 1 heterocycles. The number of carboxylic acids is 1. The lowest BCUT2D eigenvalue weighted by Crippen LogP contribution is -2.13. The second-order valence-corrected chi connectivity index (χ2v) is 2.92. The first-order chi connectivity index (χ1) is 6.65. The van der Waals surface area contributed by atoms with E-state index in [1.165, 1.54) is 12.3 Å². The number of carbonyl (C=O) groups is 1. The van der Waals surface area contributed by atoms with Gasteiger partial charge in [0.15, 0.2) is 0 Å². The highest BCUT2D eigenvalue weighted by Crippen LogP contribution is 2.11. The molecule has 0 aliphatic rings. The topological polar surface area (TPSA) is 88.2 Å². The Bertz CT molecular complexity index is 339. The SMILES string of the molecule is CNCCc1ncc(C(=O)O)cc1N. The molecule has 0 saturated carbocycles. The fourth-order valence-electron chi connectivity index (χ4n) is 1.08. The number of nitrogens with two attached hydrogens (primary N) is 1. The number of anilines is 1. The van der Waals surface area contributed by atoms with E-state index >= 15 is 0 Å². The Kier molecular flexibility index (Phi) is 3.41. The van der Waals surface area contributed by atoms with E-state index < -0.39 is 5.97 Å². The summed E-state index contributed by atoms with van der Waals surface area (Å²) < 4.78 is 0. The maximum atomic E-state index is 10.6. The standard InChI is InChI=1S/C9H13N3O2/c1-11-3-2-8-7(10)4-6(5-12-8)9(13)14/h4-5,11H,2-3,10H2,1H3,(H,13,14). The second kappa shape index (κ2) is 4.57. The van der Waals surface area contributed by atoms with E-state index in [1.807, 2.05) is 7.05 Å². The molecule has 1 aromatic heterocycles. The van der Waals surface area contributed by atoms with Crippen LogP contribution in [-0.2, 0) is 6.42 Å². The number of hydrogen-bond acceptors (Lipinski definition) is 4. The van der Waals surface area contributed by atoms with E-state index in [4.69, 9.17) is 10.8 Å². The van der Waals surface area contributed by atoms with Gasteiger partial charge in [-0.25, -0.2) is 4.79 Å². The lowest BCUT2D eigenvalue weighted by Gasteiger charge is -2.04. The highest BCUT2D eigenvalue weighted by molar-refractivity contribution is 5.88. The molecule has 0 aliphatic carbocycles. The summed E-state index contributed by atoms with van der Waals surface area (Å²) in [6.45, 7) is 0.767. The van der Waals surface area contributed by atoms with Crippen molar-refractivity contribution in [1.29, 1.82) is 0 Å². The van der Waals surface area contributed by atoms with Crippen LogP contribution in [0.1, 0.15) is 16.1 Å². The maximum Gasteiger partial charge on any atom is 0.337 e. The van der Waals surface area contributed by atoms with Gasteiger partial charge in [0, 0.05) is 19.2 Å². The van der Waals surface area contributed by atoms with Crippen LogP contribution in [0.2, 0.25) is 0 Å². The minimum absolute atomic E-state index is 0.121. The maximum absolute atomic E-state index is 10.6. The smallest absolute Gasteiger partial charge is 0.337 e. The van der Waals surface area contributed by atoms with E-state index in [0.717, 1.165) is 12.2 Å². The number of nitrogen functional groups attached to an aromatic ring is 1. The zero-order valence-electron chi connectivity index (χ0n) is 7.95. The molecule has 0 radical (unpaired) electrons. The van der Waals surface area contributed by atoms with Crippen molar-refractivity contribution in [2.24, 2.45) is 0 Å². The Balaban J connectivity index is 2.84. The number of hydrogen-bond donors (Lipinski definition) is 3. The van der Waals surface area contributed by atoms with Gasteiger partial charge in [-0.05, 0) is 13.1 Å². The van der Waals surface area contributed by atoms with Crippen LogP contribution in [0, 0.1) is 0 Å². The first-order valence-electron chi connectivity index (χ1n) is 4.27. The molecule has 0 bridgehead atoms. The summed E-state index contributed by atoms with van der Waals surface area (Å²) in [5.74, 6) is -1.01. The molecule has 76 valence electrons. The molecule has 0 aliphatic heterocycles. The van der Waals surface area contributed by atoms with Gasteiger partial charge in [-0.2, -0.15) is 0 Å². The van der Waals surface area contributed by atoms with Gasteiger partial charge >= 0.3 is 5.97 Å². The highest BCUT2D eigenvalue weighted by atomic mass is 16.4. The third-order valence-corrected chi connectivity index (χ3v) is 1.86. The Morgan fingerprint density at radius 3 is 2.93 bits per heavy atom. The molecule has 14 heavy (non-hydrogen) atoms. The molecule has 4 N–H and O–H groups in total. The van der Waals surface area contributed by atoms with Crippen LogP contribution < -0.4 is 11.1 Å². The van der Waals surface area contributed by atoms with Crippen molar-refractivity contribution in [2.75, 3.05) is 19.3 Å². The number of nitrogens with zero attached hydrogens (tertiary/aromatic N) is 1. The van der Waals surface area contributed by atoms with Gasteiger partial charge in [-0.1, -0.05) is 0 Å². The van der Waals surface area contributed by atoms with Crippen LogP contribution in [0.15, 0.2) is 12.3 Å². The van der Waals surface area contributed by atoms with Crippen LogP contribution in [0.3, 0.4) is 0 Å². The monoisotopic (exact) mass is 195 g/mol. The van der Waals surface area contributed by atoms with Crippen molar-refractivity contribution in [3.05, 3.63) is 23.5 Å². The normalized spacial score (nSPS) is 10.1. The van der Waals surface area contributed by atoms with E-state index in [0.29, 0.717) is 12.1 Å². The molecule has 0 fully saturated rings. The van der Waals surface area contributed by atoms with E-state index in [-0.39, 0.29) is 5.56 Å². The number of aromatic carboxylic acids is 1. The van der Waals surface area contributed by atoms with Gasteiger partial charge in [0.2, 0.25) is 0 Å². The molecule has 1 aromatic rings. The van der Waals surface area contributed by atoms with Crippen molar-refractivity contribution < 1.29 is 9.90 Å². The number of aromatic nitrogens is 1. The van der Waals surface area contributed by atoms with Gasteiger partial charge in [-0.3, -0.25) is 4.98 Å². The minimum atomic E-state index is -1.01. The molecule has 0 amide bonds. The highest BCUT2D eigenvalue weighted by Gasteiger charge is 2.06. The van der Waals surface area contributed by atoms with E-state index in [9.17, 15) is 4.79 Å². The molecule has 0 unspecified atom stereocenters. The Morgan fingerprint density at radius 2 is 2.43 bits per heavy atom. The summed E-state index contributed by atoms with van der Waals surface area (Å²) in [6, 6.07) is 1.43. The summed E-state index contributed by atoms with van der Waals surface area (Å²) in [5, 5.41) is 11.6. The summed E-state index contributed by atoms with van der Waals surface area (Å²) >= 11 is 0. The predicted octanol–water partition coefficient (Wildman–Crippen LogP) is 0.124. The van der Waals surface area contributed by atoms with E-state index in [1.54, 1.807) is 0 Å². The Hall–Kier alpha value is -1.62. The van der Waals surface area contributed by atoms with Gasteiger partial charge in [0.25, 0.3) is 0 Å². The largest absolute Gasteiger partial charge is 0.478 e. The van der Waals surface area contributed by atoms with Gasteiger partial charge < -0.3 is 16.2 Å². The lowest BCUT2D eigenvalue weighted by molar-refractivity contribution is 0.0696. The second-order valence-electron chi connectivity index (χ2n) is 2.92. The van der Waals surface area contributed by atoms with Crippen LogP contribution in [0.5, 0.6) is 0 Å². The van der Waals surface area contributed by atoms with Crippen molar-refractivity contribution >= 4 is 11.7 Å². The number of rotatable bonds is 4. The summed E-state index contributed by atoms with van der Waals surface area (Å²) in [5.41, 5.74) is 6.92. The predicted molar refractivity (Wildman–Crippen MR) is 53.2 cm³/mol.